The molecule has 0 radical (unpaired) electrons. The average Bonchev–Trinajstić information content (AvgIpc) is 2.69. The van der Waals surface area contributed by atoms with Crippen molar-refractivity contribution in [1.29, 1.82) is 0 Å². The quantitative estimate of drug-likeness (QED) is 0.260. The maximum absolute atomic E-state index is 11.1. The highest BCUT2D eigenvalue weighted by Crippen LogP contribution is 2.21. The first-order valence-corrected chi connectivity index (χ1v) is 9.77. The second kappa shape index (κ2) is 10.4. The van der Waals surface area contributed by atoms with E-state index >= 15 is 0 Å². The Bertz CT molecular complexity index is 635. The van der Waals surface area contributed by atoms with E-state index in [0.29, 0.717) is 17.9 Å². The number of hydrogen-bond acceptors (Lipinski definition) is 6. The van der Waals surface area contributed by atoms with E-state index in [1.165, 1.54) is 7.11 Å². The zero-order valence-electron chi connectivity index (χ0n) is 14.6. The molecule has 0 saturated carbocycles. The first kappa shape index (κ1) is 19.7. The normalized spacial score (nSPS) is 10.8. The maximum Gasteiger partial charge on any atom is 0.820 e. The van der Waals surface area contributed by atoms with Crippen molar-refractivity contribution in [3.8, 4) is 11.5 Å². The number of para-hydroxylation sites is 2. The van der Waals surface area contributed by atoms with Crippen LogP contribution in [0.25, 0.3) is 0 Å². The topological polar surface area (TPSA) is 63.2 Å². The van der Waals surface area contributed by atoms with E-state index in [1.807, 2.05) is 36.4 Å². The first-order valence-electron chi connectivity index (χ1n) is 8.14. The number of ether oxygens (including phenoxy) is 1. The maximum atomic E-state index is 11.1. The summed E-state index contributed by atoms with van der Waals surface area (Å²) in [7, 11) is -2.02. The summed E-state index contributed by atoms with van der Waals surface area (Å²) in [6, 6.07) is 18.3. The summed E-state index contributed by atoms with van der Waals surface area (Å²) in [6.45, 7) is 3.79. The molecule has 0 aliphatic carbocycles. The average molecular weight is 374 g/mol. The molecule has 0 saturated heterocycles. The van der Waals surface area contributed by atoms with E-state index in [2.05, 4.69) is 6.58 Å². The standard InChI is InChI=1S/C19H22O6Si/c1-3-19(20)22-15-10-16-23-26(21-2,24-17-11-6-4-7-12-17)25-18-13-8-5-9-14-18/h3-9,11-14H,1,10,15-16H2,2H3. The van der Waals surface area contributed by atoms with Crippen molar-refractivity contribution in [2.24, 2.45) is 0 Å². The summed E-state index contributed by atoms with van der Waals surface area (Å²) in [4.78, 5) is 11.1. The smallest absolute Gasteiger partial charge is 0.471 e. The van der Waals surface area contributed by atoms with Crippen LogP contribution in [-0.2, 0) is 18.4 Å². The number of benzene rings is 2. The molecule has 0 bridgehead atoms. The molecule has 2 rings (SSSR count). The van der Waals surface area contributed by atoms with E-state index in [4.69, 9.17) is 22.4 Å². The number of esters is 1. The van der Waals surface area contributed by atoms with E-state index < -0.39 is 15.0 Å². The highest BCUT2D eigenvalue weighted by molar-refractivity contribution is 6.55. The molecule has 0 heterocycles. The molecular formula is C19H22O6Si. The predicted octanol–water partition coefficient (Wildman–Crippen LogP) is 3.36. The number of hydrogen-bond donors (Lipinski definition) is 0. The van der Waals surface area contributed by atoms with E-state index in [9.17, 15) is 4.79 Å². The highest BCUT2D eigenvalue weighted by atomic mass is 28.4. The Balaban J connectivity index is 2.03. The molecule has 0 aliphatic heterocycles. The molecule has 0 spiro atoms. The van der Waals surface area contributed by atoms with Crippen LogP contribution >= 0.6 is 0 Å². The minimum Gasteiger partial charge on any atom is -0.471 e. The number of carbonyl (C=O) groups is 1. The van der Waals surface area contributed by atoms with Crippen molar-refractivity contribution in [2.75, 3.05) is 20.3 Å². The molecule has 0 N–H and O–H groups in total. The van der Waals surface area contributed by atoms with Crippen LogP contribution in [-0.4, -0.2) is 35.3 Å². The third-order valence-electron chi connectivity index (χ3n) is 3.20. The third kappa shape index (κ3) is 6.36. The van der Waals surface area contributed by atoms with Crippen molar-refractivity contribution >= 4 is 15.0 Å². The molecule has 0 atom stereocenters. The Morgan fingerprint density at radius 3 is 1.96 bits per heavy atom. The van der Waals surface area contributed by atoms with Crippen LogP contribution in [0.15, 0.2) is 73.3 Å². The van der Waals surface area contributed by atoms with Gasteiger partial charge >= 0.3 is 15.0 Å². The number of rotatable bonds is 11. The van der Waals surface area contributed by atoms with Crippen LogP contribution in [0.3, 0.4) is 0 Å². The predicted molar refractivity (Wildman–Crippen MR) is 98.6 cm³/mol. The Kier molecular flexibility index (Phi) is 7.88. The molecule has 7 heteroatoms. The summed E-state index contributed by atoms with van der Waals surface area (Å²) >= 11 is 0. The minimum absolute atomic E-state index is 0.204. The lowest BCUT2D eigenvalue weighted by Crippen LogP contribution is -2.54. The van der Waals surface area contributed by atoms with E-state index in [-0.39, 0.29) is 13.2 Å². The molecule has 138 valence electrons. The first-order chi connectivity index (χ1) is 12.7. The van der Waals surface area contributed by atoms with Gasteiger partial charge in [-0.1, -0.05) is 43.0 Å². The summed E-state index contributed by atoms with van der Waals surface area (Å²) in [6.07, 6.45) is 1.58. The lowest BCUT2D eigenvalue weighted by atomic mass is 10.3. The van der Waals surface area contributed by atoms with Crippen LogP contribution in [0.4, 0.5) is 0 Å². The second-order valence-electron chi connectivity index (χ2n) is 5.11. The van der Waals surface area contributed by atoms with Gasteiger partial charge in [0.15, 0.2) is 0 Å². The summed E-state index contributed by atoms with van der Waals surface area (Å²) in [5.74, 6) is 0.686. The van der Waals surface area contributed by atoms with E-state index in [1.54, 1.807) is 24.3 Å². The van der Waals surface area contributed by atoms with Crippen molar-refractivity contribution in [3.05, 3.63) is 73.3 Å². The van der Waals surface area contributed by atoms with Crippen molar-refractivity contribution < 1.29 is 27.2 Å². The van der Waals surface area contributed by atoms with Gasteiger partial charge in [0.1, 0.15) is 11.5 Å². The van der Waals surface area contributed by atoms with Crippen molar-refractivity contribution in [3.63, 3.8) is 0 Å². The molecule has 0 fully saturated rings. The summed E-state index contributed by atoms with van der Waals surface area (Å²) in [5.41, 5.74) is 0. The summed E-state index contributed by atoms with van der Waals surface area (Å²) in [5, 5.41) is 0. The van der Waals surface area contributed by atoms with Crippen molar-refractivity contribution in [2.45, 2.75) is 6.42 Å². The van der Waals surface area contributed by atoms with Gasteiger partial charge in [0, 0.05) is 26.2 Å². The van der Waals surface area contributed by atoms with Gasteiger partial charge in [0.25, 0.3) is 0 Å². The number of carbonyl (C=O) groups excluding carboxylic acids is 1. The van der Waals surface area contributed by atoms with Gasteiger partial charge in [-0.2, -0.15) is 0 Å². The third-order valence-corrected chi connectivity index (χ3v) is 5.23. The van der Waals surface area contributed by atoms with Gasteiger partial charge in [-0.25, -0.2) is 4.79 Å². The van der Waals surface area contributed by atoms with Gasteiger partial charge in [0.05, 0.1) is 6.61 Å². The molecule has 2 aromatic carbocycles. The molecule has 0 amide bonds. The van der Waals surface area contributed by atoms with Crippen LogP contribution in [0.1, 0.15) is 6.42 Å². The fourth-order valence-corrected chi connectivity index (χ4v) is 3.66. The van der Waals surface area contributed by atoms with Crippen LogP contribution in [0.5, 0.6) is 11.5 Å². The van der Waals surface area contributed by atoms with Gasteiger partial charge < -0.3 is 22.4 Å². The Hall–Kier alpha value is -2.61. The highest BCUT2D eigenvalue weighted by Gasteiger charge is 2.50. The summed E-state index contributed by atoms with van der Waals surface area (Å²) < 4.78 is 28.2. The van der Waals surface area contributed by atoms with Gasteiger partial charge in [-0.05, 0) is 24.3 Å². The van der Waals surface area contributed by atoms with Gasteiger partial charge in [0.2, 0.25) is 0 Å². The molecule has 26 heavy (non-hydrogen) atoms. The monoisotopic (exact) mass is 374 g/mol. The lowest BCUT2D eigenvalue weighted by molar-refractivity contribution is -0.138. The van der Waals surface area contributed by atoms with Gasteiger partial charge in [-0.3, -0.25) is 0 Å². The molecular weight excluding hydrogens is 352 g/mol. The fraction of sp³-hybridized carbons (Fsp3) is 0.211. The Morgan fingerprint density at radius 2 is 1.50 bits per heavy atom. The molecule has 6 nitrogen and oxygen atoms in total. The largest absolute Gasteiger partial charge is 0.820 e. The zero-order chi connectivity index (χ0) is 18.7. The molecule has 0 aromatic heterocycles. The lowest BCUT2D eigenvalue weighted by Gasteiger charge is -2.27. The Labute approximate surface area is 154 Å². The van der Waals surface area contributed by atoms with E-state index in [0.717, 1.165) is 6.08 Å². The molecule has 2 aromatic rings. The van der Waals surface area contributed by atoms with Crippen LogP contribution in [0.2, 0.25) is 0 Å². The fourth-order valence-electron chi connectivity index (χ4n) is 1.98. The molecule has 0 aliphatic rings. The Morgan fingerprint density at radius 1 is 0.962 bits per heavy atom. The zero-order valence-corrected chi connectivity index (χ0v) is 15.6. The minimum atomic E-state index is -3.50. The van der Waals surface area contributed by atoms with Gasteiger partial charge in [-0.15, -0.1) is 0 Å². The second-order valence-corrected chi connectivity index (χ2v) is 7.21. The van der Waals surface area contributed by atoms with Crippen LogP contribution in [0, 0.1) is 0 Å². The van der Waals surface area contributed by atoms with Crippen LogP contribution < -0.4 is 8.85 Å². The SMILES string of the molecule is C=CC(=O)OCCCO[Si](OC)(Oc1ccccc1)Oc1ccccc1. The molecule has 0 unspecified atom stereocenters. The van der Waals surface area contributed by atoms with Crippen molar-refractivity contribution in [1.82, 2.24) is 0 Å².